The Morgan fingerprint density at radius 3 is 2.94 bits per heavy atom. The maximum Gasteiger partial charge on any atom is 0.140 e. The maximum absolute atomic E-state index is 9.48. The molecule has 1 aromatic heterocycles. The monoisotopic (exact) mass is 267 g/mol. The third-order valence-electron chi connectivity index (χ3n) is 4.29. The van der Waals surface area contributed by atoms with Gasteiger partial charge in [0.1, 0.15) is 17.3 Å². The van der Waals surface area contributed by atoms with E-state index in [1.807, 2.05) is 0 Å². The van der Waals surface area contributed by atoms with E-state index < -0.39 is 0 Å². The molecule has 98 valence electrons. The molecule has 1 aliphatic heterocycles. The lowest BCUT2D eigenvalue weighted by Crippen LogP contribution is -2.43. The van der Waals surface area contributed by atoms with Crippen molar-refractivity contribution in [1.29, 1.82) is 0 Å². The fourth-order valence-electron chi connectivity index (χ4n) is 3.48. The van der Waals surface area contributed by atoms with Gasteiger partial charge in [0.05, 0.1) is 12.2 Å². The smallest absolute Gasteiger partial charge is 0.140 e. The quantitative estimate of drug-likeness (QED) is 0.836. The first kappa shape index (κ1) is 12.2. The lowest BCUT2D eigenvalue weighted by Gasteiger charge is -2.39. The number of hydrogen-bond acceptors (Lipinski definition) is 4. The van der Waals surface area contributed by atoms with E-state index in [4.69, 9.17) is 11.6 Å². The van der Waals surface area contributed by atoms with E-state index in [1.165, 1.54) is 38.4 Å². The van der Waals surface area contributed by atoms with Crippen molar-refractivity contribution < 1.29 is 5.11 Å². The third kappa shape index (κ3) is 1.97. The second-order valence-corrected chi connectivity index (χ2v) is 5.58. The SMILES string of the molecule is OCc1c(Cl)ncnc1N1CCCC2CCCC21. The number of halogens is 1. The van der Waals surface area contributed by atoms with Crippen LogP contribution in [0.1, 0.15) is 37.7 Å². The fraction of sp³-hybridized carbons (Fsp3) is 0.692. The summed E-state index contributed by atoms with van der Waals surface area (Å²) in [6, 6.07) is 0.579. The highest BCUT2D eigenvalue weighted by molar-refractivity contribution is 6.30. The van der Waals surface area contributed by atoms with Crippen LogP contribution in [0.15, 0.2) is 6.33 Å². The highest BCUT2D eigenvalue weighted by atomic mass is 35.5. The van der Waals surface area contributed by atoms with Gasteiger partial charge in [0, 0.05) is 12.6 Å². The molecular weight excluding hydrogens is 250 g/mol. The Balaban J connectivity index is 1.96. The molecular formula is C13H18ClN3O. The van der Waals surface area contributed by atoms with Crippen LogP contribution in [0.4, 0.5) is 5.82 Å². The first-order chi connectivity index (χ1) is 8.81. The molecule has 2 fully saturated rings. The minimum absolute atomic E-state index is 0.0944. The topological polar surface area (TPSA) is 49.3 Å². The minimum Gasteiger partial charge on any atom is -0.391 e. The number of anilines is 1. The molecule has 2 atom stereocenters. The number of hydrogen-bond donors (Lipinski definition) is 1. The molecule has 5 heteroatoms. The zero-order valence-electron chi connectivity index (χ0n) is 10.3. The van der Waals surface area contributed by atoms with Crippen LogP contribution in [0.3, 0.4) is 0 Å². The average molecular weight is 268 g/mol. The largest absolute Gasteiger partial charge is 0.391 e. The third-order valence-corrected chi connectivity index (χ3v) is 4.62. The second kappa shape index (κ2) is 5.02. The standard InChI is InChI=1S/C13H18ClN3O/c14-12-10(7-18)13(16-8-15-12)17-6-2-4-9-3-1-5-11(9)17/h8-9,11,18H,1-7H2. The summed E-state index contributed by atoms with van der Waals surface area (Å²) in [5, 5.41) is 9.86. The van der Waals surface area contributed by atoms with Gasteiger partial charge < -0.3 is 10.0 Å². The molecule has 18 heavy (non-hydrogen) atoms. The van der Waals surface area contributed by atoms with E-state index >= 15 is 0 Å². The molecule has 2 unspecified atom stereocenters. The molecule has 1 N–H and O–H groups in total. The van der Waals surface area contributed by atoms with Crippen LogP contribution in [-0.2, 0) is 6.61 Å². The van der Waals surface area contributed by atoms with Crippen LogP contribution in [0.25, 0.3) is 0 Å². The molecule has 0 amide bonds. The average Bonchev–Trinajstić information content (AvgIpc) is 2.86. The van der Waals surface area contributed by atoms with Gasteiger partial charge in [0.25, 0.3) is 0 Å². The van der Waals surface area contributed by atoms with Crippen molar-refractivity contribution >= 4 is 17.4 Å². The molecule has 1 saturated heterocycles. The van der Waals surface area contributed by atoms with Gasteiger partial charge in [-0.15, -0.1) is 0 Å². The lowest BCUT2D eigenvalue weighted by molar-refractivity contribution is 0.279. The zero-order chi connectivity index (χ0) is 12.5. The van der Waals surface area contributed by atoms with Crippen molar-refractivity contribution in [2.24, 2.45) is 5.92 Å². The summed E-state index contributed by atoms with van der Waals surface area (Å²) in [5.41, 5.74) is 0.673. The lowest BCUT2D eigenvalue weighted by atomic mass is 9.92. The minimum atomic E-state index is -0.0944. The number of aromatic nitrogens is 2. The van der Waals surface area contributed by atoms with Crippen LogP contribution in [-0.4, -0.2) is 27.7 Å². The van der Waals surface area contributed by atoms with E-state index in [-0.39, 0.29) is 6.61 Å². The van der Waals surface area contributed by atoms with Gasteiger partial charge in [0.15, 0.2) is 0 Å². The number of rotatable bonds is 2. The van der Waals surface area contributed by atoms with Crippen LogP contribution in [0.2, 0.25) is 5.15 Å². The van der Waals surface area contributed by atoms with E-state index in [0.717, 1.165) is 18.3 Å². The number of piperidine rings is 1. The number of aliphatic hydroxyl groups is 1. The van der Waals surface area contributed by atoms with Gasteiger partial charge in [-0.1, -0.05) is 18.0 Å². The van der Waals surface area contributed by atoms with E-state index in [9.17, 15) is 5.11 Å². The Morgan fingerprint density at radius 1 is 1.28 bits per heavy atom. The predicted molar refractivity (Wildman–Crippen MR) is 70.7 cm³/mol. The Kier molecular flexibility index (Phi) is 3.39. The predicted octanol–water partition coefficient (Wildman–Crippen LogP) is 2.39. The summed E-state index contributed by atoms with van der Waals surface area (Å²) < 4.78 is 0. The van der Waals surface area contributed by atoms with Crippen LogP contribution < -0.4 is 4.90 Å². The zero-order valence-corrected chi connectivity index (χ0v) is 11.1. The highest BCUT2D eigenvalue weighted by Gasteiger charge is 2.36. The van der Waals surface area contributed by atoms with Crippen LogP contribution in [0, 0.1) is 5.92 Å². The van der Waals surface area contributed by atoms with Gasteiger partial charge in [-0.2, -0.15) is 0 Å². The number of fused-ring (bicyclic) bond motifs is 1. The van der Waals surface area contributed by atoms with Gasteiger partial charge in [-0.3, -0.25) is 0 Å². The van der Waals surface area contributed by atoms with E-state index in [0.29, 0.717) is 16.8 Å². The summed E-state index contributed by atoms with van der Waals surface area (Å²) in [6.07, 6.45) is 7.89. The summed E-state index contributed by atoms with van der Waals surface area (Å²) in [5.74, 6) is 1.63. The molecule has 3 rings (SSSR count). The first-order valence-corrected chi connectivity index (χ1v) is 7.06. The molecule has 0 radical (unpaired) electrons. The Hall–Kier alpha value is -0.870. The number of aliphatic hydroxyl groups excluding tert-OH is 1. The normalized spacial score (nSPS) is 27.3. The molecule has 4 nitrogen and oxygen atoms in total. The molecule has 2 aliphatic rings. The first-order valence-electron chi connectivity index (χ1n) is 6.68. The maximum atomic E-state index is 9.48. The molecule has 2 heterocycles. The molecule has 0 spiro atoms. The molecule has 0 aromatic carbocycles. The van der Waals surface area contributed by atoms with Gasteiger partial charge in [-0.25, -0.2) is 9.97 Å². The number of nitrogens with zero attached hydrogens (tertiary/aromatic N) is 3. The van der Waals surface area contributed by atoms with Gasteiger partial charge in [-0.05, 0) is 31.6 Å². The van der Waals surface area contributed by atoms with Crippen molar-refractivity contribution in [3.05, 3.63) is 17.0 Å². The summed E-state index contributed by atoms with van der Waals surface area (Å²) >= 11 is 6.05. The van der Waals surface area contributed by atoms with Gasteiger partial charge in [0.2, 0.25) is 0 Å². The van der Waals surface area contributed by atoms with Crippen molar-refractivity contribution in [2.45, 2.75) is 44.8 Å². The molecule has 1 aromatic rings. The van der Waals surface area contributed by atoms with Gasteiger partial charge >= 0.3 is 0 Å². The summed E-state index contributed by atoms with van der Waals surface area (Å²) in [6.45, 7) is 0.921. The summed E-state index contributed by atoms with van der Waals surface area (Å²) in [7, 11) is 0. The van der Waals surface area contributed by atoms with Crippen LogP contribution >= 0.6 is 11.6 Å². The summed E-state index contributed by atoms with van der Waals surface area (Å²) in [4.78, 5) is 10.7. The molecule has 1 aliphatic carbocycles. The molecule has 1 saturated carbocycles. The Morgan fingerprint density at radius 2 is 2.11 bits per heavy atom. The fourth-order valence-corrected chi connectivity index (χ4v) is 3.67. The van der Waals surface area contributed by atoms with E-state index in [1.54, 1.807) is 0 Å². The van der Waals surface area contributed by atoms with Crippen molar-refractivity contribution in [2.75, 3.05) is 11.4 Å². The Labute approximate surface area is 112 Å². The molecule has 0 bridgehead atoms. The highest BCUT2D eigenvalue weighted by Crippen LogP contribution is 2.39. The second-order valence-electron chi connectivity index (χ2n) is 5.22. The van der Waals surface area contributed by atoms with E-state index in [2.05, 4.69) is 14.9 Å². The van der Waals surface area contributed by atoms with Crippen molar-refractivity contribution in [1.82, 2.24) is 9.97 Å². The van der Waals surface area contributed by atoms with Crippen molar-refractivity contribution in [3.63, 3.8) is 0 Å². The van der Waals surface area contributed by atoms with Crippen molar-refractivity contribution in [3.8, 4) is 0 Å². The Bertz CT molecular complexity index is 440. The van der Waals surface area contributed by atoms with Crippen LogP contribution in [0.5, 0.6) is 0 Å².